The van der Waals surface area contributed by atoms with Gasteiger partial charge in [0.1, 0.15) is 11.5 Å². The Kier molecular flexibility index (Phi) is 3.78. The fourth-order valence-electron chi connectivity index (χ4n) is 1.12. The third kappa shape index (κ3) is 2.63. The lowest BCUT2D eigenvalue weighted by Crippen LogP contribution is -1.98. The first-order valence-corrected chi connectivity index (χ1v) is 4.81. The van der Waals surface area contributed by atoms with E-state index in [1.54, 1.807) is 12.1 Å². The number of hydrogen-bond donors (Lipinski definition) is 0. The van der Waals surface area contributed by atoms with Crippen LogP contribution in [0.4, 0.5) is 0 Å². The van der Waals surface area contributed by atoms with E-state index in [1.165, 1.54) is 14.0 Å². The molecule has 0 bridgehead atoms. The van der Waals surface area contributed by atoms with Crippen LogP contribution in [0, 0.1) is 0 Å². The van der Waals surface area contributed by atoms with E-state index in [1.807, 2.05) is 0 Å². The van der Waals surface area contributed by atoms with Gasteiger partial charge in [0.15, 0.2) is 0 Å². The van der Waals surface area contributed by atoms with E-state index in [4.69, 9.17) is 27.9 Å². The van der Waals surface area contributed by atoms with Crippen LogP contribution in [0.15, 0.2) is 12.1 Å². The zero-order valence-electron chi connectivity index (χ0n) is 7.93. The Morgan fingerprint density at radius 2 is 1.86 bits per heavy atom. The van der Waals surface area contributed by atoms with Crippen molar-refractivity contribution >= 4 is 29.0 Å². The molecule has 0 atom stereocenters. The first kappa shape index (κ1) is 11.3. The van der Waals surface area contributed by atoms with Crippen LogP contribution in [0.3, 0.4) is 0 Å². The Labute approximate surface area is 92.8 Å². The van der Waals surface area contributed by atoms with Crippen molar-refractivity contribution < 1.29 is 9.53 Å². The van der Waals surface area contributed by atoms with Crippen LogP contribution in [0.5, 0.6) is 5.75 Å². The van der Waals surface area contributed by atoms with Gasteiger partial charge in [-0.3, -0.25) is 4.79 Å². The smallest absolute Gasteiger partial charge is 0.134 e. The lowest BCUT2D eigenvalue weighted by molar-refractivity contribution is -0.116. The average Bonchev–Trinajstić information content (AvgIpc) is 2.10. The van der Waals surface area contributed by atoms with Crippen molar-refractivity contribution in [3.8, 4) is 5.75 Å². The number of rotatable bonds is 3. The summed E-state index contributed by atoms with van der Waals surface area (Å²) in [5.41, 5.74) is 0.654. The van der Waals surface area contributed by atoms with Gasteiger partial charge in [-0.15, -0.1) is 0 Å². The van der Waals surface area contributed by atoms with Gasteiger partial charge in [-0.1, -0.05) is 23.2 Å². The summed E-state index contributed by atoms with van der Waals surface area (Å²) in [6.07, 6.45) is 0.252. The van der Waals surface area contributed by atoms with Crippen molar-refractivity contribution in [1.29, 1.82) is 0 Å². The maximum absolute atomic E-state index is 10.9. The van der Waals surface area contributed by atoms with Crippen LogP contribution in [0.25, 0.3) is 0 Å². The standard InChI is InChI=1S/C10H10Cl2O2/c1-6(13)3-8-9(11)4-7(14-2)5-10(8)12/h4-5H,3H2,1-2H3. The number of ketones is 1. The zero-order valence-corrected chi connectivity index (χ0v) is 9.45. The maximum atomic E-state index is 10.9. The van der Waals surface area contributed by atoms with Crippen LogP contribution < -0.4 is 4.74 Å². The Morgan fingerprint density at radius 1 is 1.36 bits per heavy atom. The SMILES string of the molecule is COc1cc(Cl)c(CC(C)=O)c(Cl)c1. The van der Waals surface area contributed by atoms with Gasteiger partial charge >= 0.3 is 0 Å². The van der Waals surface area contributed by atoms with E-state index in [0.717, 1.165) is 0 Å². The van der Waals surface area contributed by atoms with Crippen LogP contribution in [0.2, 0.25) is 10.0 Å². The number of benzene rings is 1. The number of hydrogen-bond acceptors (Lipinski definition) is 2. The predicted octanol–water partition coefficient (Wildman–Crippen LogP) is 3.13. The largest absolute Gasteiger partial charge is 0.497 e. The second-order valence-electron chi connectivity index (χ2n) is 2.95. The molecule has 0 radical (unpaired) electrons. The van der Waals surface area contributed by atoms with Crippen molar-refractivity contribution in [2.45, 2.75) is 13.3 Å². The molecule has 14 heavy (non-hydrogen) atoms. The summed E-state index contributed by atoms with van der Waals surface area (Å²) in [6, 6.07) is 3.29. The highest BCUT2D eigenvalue weighted by Gasteiger charge is 2.10. The minimum atomic E-state index is 0.0268. The van der Waals surface area contributed by atoms with Crippen LogP contribution in [0.1, 0.15) is 12.5 Å². The highest BCUT2D eigenvalue weighted by atomic mass is 35.5. The highest BCUT2D eigenvalue weighted by Crippen LogP contribution is 2.30. The topological polar surface area (TPSA) is 26.3 Å². The quantitative estimate of drug-likeness (QED) is 0.801. The maximum Gasteiger partial charge on any atom is 0.134 e. The molecule has 1 rings (SSSR count). The second-order valence-corrected chi connectivity index (χ2v) is 3.76. The normalized spacial score (nSPS) is 10.0. The molecule has 0 saturated heterocycles. The van der Waals surface area contributed by atoms with Gasteiger partial charge in [-0.25, -0.2) is 0 Å². The van der Waals surface area contributed by atoms with Crippen molar-refractivity contribution in [2.24, 2.45) is 0 Å². The van der Waals surface area contributed by atoms with Gasteiger partial charge in [-0.2, -0.15) is 0 Å². The molecular formula is C10H10Cl2O2. The summed E-state index contributed by atoms with van der Waals surface area (Å²) in [5, 5.41) is 0.925. The number of carbonyl (C=O) groups excluding carboxylic acids is 1. The molecule has 1 aromatic carbocycles. The molecule has 2 nitrogen and oxygen atoms in total. The molecule has 0 spiro atoms. The van der Waals surface area contributed by atoms with Gasteiger partial charge in [0.25, 0.3) is 0 Å². The molecular weight excluding hydrogens is 223 g/mol. The summed E-state index contributed by atoms with van der Waals surface area (Å²) >= 11 is 11.9. The average molecular weight is 233 g/mol. The summed E-state index contributed by atoms with van der Waals surface area (Å²) in [5.74, 6) is 0.617. The van der Waals surface area contributed by atoms with Crippen LogP contribution in [-0.4, -0.2) is 12.9 Å². The molecule has 0 aliphatic carbocycles. The fraction of sp³-hybridized carbons (Fsp3) is 0.300. The van der Waals surface area contributed by atoms with Crippen LogP contribution in [-0.2, 0) is 11.2 Å². The van der Waals surface area contributed by atoms with E-state index in [0.29, 0.717) is 21.4 Å². The minimum Gasteiger partial charge on any atom is -0.497 e. The lowest BCUT2D eigenvalue weighted by Gasteiger charge is -2.07. The molecule has 0 N–H and O–H groups in total. The predicted molar refractivity (Wildman–Crippen MR) is 57.4 cm³/mol. The van der Waals surface area contributed by atoms with Crippen molar-refractivity contribution in [2.75, 3.05) is 7.11 Å². The van der Waals surface area contributed by atoms with Gasteiger partial charge in [0, 0.05) is 16.5 Å². The molecule has 1 aromatic rings. The number of carbonyl (C=O) groups is 1. The van der Waals surface area contributed by atoms with E-state index in [-0.39, 0.29) is 12.2 Å². The summed E-state index contributed by atoms with van der Waals surface area (Å²) in [4.78, 5) is 10.9. The third-order valence-electron chi connectivity index (χ3n) is 1.78. The van der Waals surface area contributed by atoms with Crippen molar-refractivity contribution in [1.82, 2.24) is 0 Å². The van der Waals surface area contributed by atoms with Gasteiger partial charge in [-0.05, 0) is 24.6 Å². The van der Waals surface area contributed by atoms with Gasteiger partial charge in [0.2, 0.25) is 0 Å². The summed E-state index contributed by atoms with van der Waals surface area (Å²) in [7, 11) is 1.53. The fourth-order valence-corrected chi connectivity index (χ4v) is 1.72. The molecule has 0 aliphatic heterocycles. The second kappa shape index (κ2) is 4.67. The molecule has 76 valence electrons. The molecule has 0 heterocycles. The molecule has 0 unspecified atom stereocenters. The number of Topliss-reactive ketones (excluding diaryl/α,β-unsaturated/α-hetero) is 1. The molecule has 4 heteroatoms. The molecule has 0 aliphatic rings. The van der Waals surface area contributed by atoms with Crippen molar-refractivity contribution in [3.63, 3.8) is 0 Å². The van der Waals surface area contributed by atoms with Gasteiger partial charge < -0.3 is 4.74 Å². The Hall–Kier alpha value is -0.730. The molecule has 0 saturated carbocycles. The van der Waals surface area contributed by atoms with Crippen LogP contribution >= 0.6 is 23.2 Å². The van der Waals surface area contributed by atoms with E-state index in [9.17, 15) is 4.79 Å². The Bertz CT molecular complexity index is 338. The minimum absolute atomic E-state index is 0.0268. The summed E-state index contributed by atoms with van der Waals surface area (Å²) < 4.78 is 4.98. The van der Waals surface area contributed by atoms with E-state index < -0.39 is 0 Å². The first-order valence-electron chi connectivity index (χ1n) is 4.06. The van der Waals surface area contributed by atoms with Crippen molar-refractivity contribution in [3.05, 3.63) is 27.7 Å². The Morgan fingerprint density at radius 3 is 2.21 bits per heavy atom. The lowest BCUT2D eigenvalue weighted by atomic mass is 10.1. The number of halogens is 2. The first-order chi connectivity index (χ1) is 6.54. The number of methoxy groups -OCH3 is 1. The Balaban J connectivity index is 3.11. The van der Waals surface area contributed by atoms with Gasteiger partial charge in [0.05, 0.1) is 7.11 Å². The van der Waals surface area contributed by atoms with E-state index >= 15 is 0 Å². The molecule has 0 amide bonds. The zero-order chi connectivity index (χ0) is 10.7. The number of ether oxygens (including phenoxy) is 1. The molecule has 0 fully saturated rings. The third-order valence-corrected chi connectivity index (χ3v) is 2.45. The van der Waals surface area contributed by atoms with E-state index in [2.05, 4.69) is 0 Å². The molecule has 0 aromatic heterocycles. The monoisotopic (exact) mass is 232 g/mol. The highest BCUT2D eigenvalue weighted by molar-refractivity contribution is 6.36. The summed E-state index contributed by atoms with van der Waals surface area (Å²) in [6.45, 7) is 1.50.